The highest BCUT2D eigenvalue weighted by Crippen LogP contribution is 2.21. The summed E-state index contributed by atoms with van der Waals surface area (Å²) < 4.78 is 1.85. The van der Waals surface area contributed by atoms with E-state index in [4.69, 9.17) is 0 Å². The van der Waals surface area contributed by atoms with Crippen molar-refractivity contribution in [2.24, 2.45) is 7.05 Å². The first-order chi connectivity index (χ1) is 9.01. The van der Waals surface area contributed by atoms with Crippen molar-refractivity contribution >= 4 is 0 Å². The molecule has 19 heavy (non-hydrogen) atoms. The maximum absolute atomic E-state index is 10.4. The molecule has 0 aliphatic rings. The van der Waals surface area contributed by atoms with E-state index in [-0.39, 0.29) is 0 Å². The summed E-state index contributed by atoms with van der Waals surface area (Å²) in [7, 11) is 1.92. The molecule has 1 unspecified atom stereocenters. The number of nitrogens with zero attached hydrogens (tertiary/aromatic N) is 3. The summed E-state index contributed by atoms with van der Waals surface area (Å²) in [6.07, 6.45) is 0.942. The van der Waals surface area contributed by atoms with Crippen molar-refractivity contribution < 1.29 is 5.11 Å². The van der Waals surface area contributed by atoms with Crippen LogP contribution in [-0.2, 0) is 19.9 Å². The Kier molecular flexibility index (Phi) is 4.00. The van der Waals surface area contributed by atoms with Gasteiger partial charge in [0.05, 0.1) is 11.8 Å². The SMILES string of the molecule is CCc1cc(CC(O)c2ccc(C)nc2C)n(C)n1. The van der Waals surface area contributed by atoms with Crippen molar-refractivity contribution in [2.75, 3.05) is 0 Å². The molecule has 1 atom stereocenters. The van der Waals surface area contributed by atoms with Gasteiger partial charge < -0.3 is 5.11 Å². The number of pyridine rings is 1. The first-order valence-corrected chi connectivity index (χ1v) is 6.65. The Labute approximate surface area is 114 Å². The standard InChI is InChI=1S/C15H21N3O/c1-5-12-8-13(18(4)17-12)9-15(19)14-7-6-10(2)16-11(14)3/h6-8,15,19H,5,9H2,1-4H3. The van der Waals surface area contributed by atoms with Crippen molar-refractivity contribution in [3.8, 4) is 0 Å². The van der Waals surface area contributed by atoms with Gasteiger partial charge >= 0.3 is 0 Å². The van der Waals surface area contributed by atoms with E-state index in [0.29, 0.717) is 6.42 Å². The first kappa shape index (κ1) is 13.7. The second kappa shape index (κ2) is 5.53. The van der Waals surface area contributed by atoms with Gasteiger partial charge in [-0.25, -0.2) is 0 Å². The van der Waals surface area contributed by atoms with Crippen LogP contribution in [0.5, 0.6) is 0 Å². The third-order valence-corrected chi connectivity index (χ3v) is 3.42. The summed E-state index contributed by atoms with van der Waals surface area (Å²) in [5.74, 6) is 0. The monoisotopic (exact) mass is 259 g/mol. The number of hydrogen-bond acceptors (Lipinski definition) is 3. The molecule has 0 amide bonds. The predicted molar refractivity (Wildman–Crippen MR) is 75.0 cm³/mol. The molecular formula is C15H21N3O. The minimum absolute atomic E-state index is 0.534. The van der Waals surface area contributed by atoms with E-state index in [0.717, 1.165) is 34.8 Å². The lowest BCUT2D eigenvalue weighted by Crippen LogP contribution is -2.08. The normalized spacial score (nSPS) is 12.7. The largest absolute Gasteiger partial charge is 0.388 e. The minimum Gasteiger partial charge on any atom is -0.388 e. The third-order valence-electron chi connectivity index (χ3n) is 3.42. The van der Waals surface area contributed by atoms with Gasteiger partial charge in [-0.3, -0.25) is 9.67 Å². The van der Waals surface area contributed by atoms with Crippen LogP contribution < -0.4 is 0 Å². The maximum atomic E-state index is 10.4. The Morgan fingerprint density at radius 1 is 1.32 bits per heavy atom. The molecule has 4 nitrogen and oxygen atoms in total. The average Bonchev–Trinajstić information content (AvgIpc) is 2.70. The van der Waals surface area contributed by atoms with Gasteiger partial charge in [0, 0.05) is 36.1 Å². The van der Waals surface area contributed by atoms with Gasteiger partial charge in [0.2, 0.25) is 0 Å². The fraction of sp³-hybridized carbons (Fsp3) is 0.467. The Morgan fingerprint density at radius 2 is 2.05 bits per heavy atom. The molecule has 0 saturated heterocycles. The topological polar surface area (TPSA) is 50.9 Å². The Hall–Kier alpha value is -1.68. The van der Waals surface area contributed by atoms with Crippen molar-refractivity contribution in [3.63, 3.8) is 0 Å². The van der Waals surface area contributed by atoms with Crippen LogP contribution in [0, 0.1) is 13.8 Å². The molecule has 102 valence electrons. The molecule has 2 aromatic rings. The van der Waals surface area contributed by atoms with Gasteiger partial charge in [0.25, 0.3) is 0 Å². The van der Waals surface area contributed by atoms with Gasteiger partial charge in [-0.2, -0.15) is 5.10 Å². The molecule has 0 fully saturated rings. The van der Waals surface area contributed by atoms with Crippen LogP contribution in [0.15, 0.2) is 18.2 Å². The van der Waals surface area contributed by atoms with E-state index in [9.17, 15) is 5.11 Å². The number of rotatable bonds is 4. The van der Waals surface area contributed by atoms with Crippen LogP contribution in [0.25, 0.3) is 0 Å². The first-order valence-electron chi connectivity index (χ1n) is 6.65. The minimum atomic E-state index is -0.534. The average molecular weight is 259 g/mol. The highest BCUT2D eigenvalue weighted by molar-refractivity contribution is 5.25. The number of hydrogen-bond donors (Lipinski definition) is 1. The van der Waals surface area contributed by atoms with Gasteiger partial charge in [0.1, 0.15) is 0 Å². The summed E-state index contributed by atoms with van der Waals surface area (Å²) in [6, 6.07) is 5.95. The number of aryl methyl sites for hydroxylation is 4. The van der Waals surface area contributed by atoms with Crippen molar-refractivity contribution in [2.45, 2.75) is 39.7 Å². The maximum Gasteiger partial charge on any atom is 0.0862 e. The van der Waals surface area contributed by atoms with E-state index in [2.05, 4.69) is 23.1 Å². The second-order valence-corrected chi connectivity index (χ2v) is 4.95. The Balaban J connectivity index is 2.20. The number of aromatic nitrogens is 3. The quantitative estimate of drug-likeness (QED) is 0.916. The summed E-state index contributed by atoms with van der Waals surface area (Å²) in [5.41, 5.74) is 4.87. The molecule has 0 aromatic carbocycles. The summed E-state index contributed by atoms with van der Waals surface area (Å²) in [6.45, 7) is 5.97. The zero-order valence-electron chi connectivity index (χ0n) is 12.0. The van der Waals surface area contributed by atoms with Crippen molar-refractivity contribution in [3.05, 3.63) is 46.5 Å². The van der Waals surface area contributed by atoms with E-state index in [1.54, 1.807) is 0 Å². The summed E-state index contributed by atoms with van der Waals surface area (Å²) in [5, 5.41) is 14.8. The van der Waals surface area contributed by atoms with Crippen molar-refractivity contribution in [1.82, 2.24) is 14.8 Å². The molecule has 0 bridgehead atoms. The molecule has 0 saturated carbocycles. The lowest BCUT2D eigenvalue weighted by molar-refractivity contribution is 0.174. The van der Waals surface area contributed by atoms with Crippen LogP contribution in [-0.4, -0.2) is 19.9 Å². The van der Waals surface area contributed by atoms with Gasteiger partial charge in [-0.1, -0.05) is 13.0 Å². The Bertz CT molecular complexity index is 575. The smallest absolute Gasteiger partial charge is 0.0862 e. The highest BCUT2D eigenvalue weighted by atomic mass is 16.3. The zero-order chi connectivity index (χ0) is 14.0. The summed E-state index contributed by atoms with van der Waals surface area (Å²) >= 11 is 0. The van der Waals surface area contributed by atoms with Crippen molar-refractivity contribution in [1.29, 1.82) is 0 Å². The van der Waals surface area contributed by atoms with Crippen LogP contribution in [0.3, 0.4) is 0 Å². The fourth-order valence-corrected chi connectivity index (χ4v) is 2.29. The Morgan fingerprint density at radius 3 is 2.63 bits per heavy atom. The van der Waals surface area contributed by atoms with Gasteiger partial charge in [-0.05, 0) is 32.4 Å². The zero-order valence-corrected chi connectivity index (χ0v) is 12.0. The van der Waals surface area contributed by atoms with E-state index in [1.165, 1.54) is 0 Å². The molecule has 1 N–H and O–H groups in total. The van der Waals surface area contributed by atoms with E-state index < -0.39 is 6.10 Å². The number of aliphatic hydroxyl groups excluding tert-OH is 1. The highest BCUT2D eigenvalue weighted by Gasteiger charge is 2.15. The fourth-order valence-electron chi connectivity index (χ4n) is 2.29. The predicted octanol–water partition coefficient (Wildman–Crippen LogP) is 2.27. The van der Waals surface area contributed by atoms with Gasteiger partial charge in [-0.15, -0.1) is 0 Å². The van der Waals surface area contributed by atoms with Gasteiger partial charge in [0.15, 0.2) is 0 Å². The molecule has 0 aliphatic heterocycles. The molecule has 0 aliphatic carbocycles. The van der Waals surface area contributed by atoms with Crippen LogP contribution in [0.1, 0.15) is 41.4 Å². The molecule has 2 heterocycles. The van der Waals surface area contributed by atoms with Crippen LogP contribution >= 0.6 is 0 Å². The molecule has 4 heteroatoms. The molecular weight excluding hydrogens is 238 g/mol. The second-order valence-electron chi connectivity index (χ2n) is 4.95. The van der Waals surface area contributed by atoms with Crippen LogP contribution in [0.2, 0.25) is 0 Å². The summed E-state index contributed by atoms with van der Waals surface area (Å²) in [4.78, 5) is 4.40. The molecule has 0 spiro atoms. The lowest BCUT2D eigenvalue weighted by Gasteiger charge is -2.13. The third kappa shape index (κ3) is 3.01. The molecule has 0 radical (unpaired) electrons. The number of aliphatic hydroxyl groups is 1. The molecule has 2 aromatic heterocycles. The molecule has 2 rings (SSSR count). The van der Waals surface area contributed by atoms with E-state index >= 15 is 0 Å². The van der Waals surface area contributed by atoms with E-state index in [1.807, 2.05) is 37.7 Å². The van der Waals surface area contributed by atoms with Crippen LogP contribution in [0.4, 0.5) is 0 Å². The lowest BCUT2D eigenvalue weighted by atomic mass is 10.0.